The Kier molecular flexibility index (Phi) is 16.5. The van der Waals surface area contributed by atoms with Gasteiger partial charge in [0.25, 0.3) is 0 Å². The fraction of sp³-hybridized carbons (Fsp3) is 0.729. The van der Waals surface area contributed by atoms with Crippen molar-refractivity contribution in [3.05, 3.63) is 48.2 Å². The van der Waals surface area contributed by atoms with Crippen LogP contribution in [-0.4, -0.2) is 122 Å². The lowest BCUT2D eigenvalue weighted by atomic mass is 9.74. The molecule has 3 aliphatic heterocycles. The highest BCUT2D eigenvalue weighted by atomic mass is 16.7. The lowest BCUT2D eigenvalue weighted by Crippen LogP contribution is -2.59. The molecule has 63 heavy (non-hydrogen) atoms. The number of Topliss-reactive ketones (excluding diaryl/α,β-unsaturated/α-hetero) is 1. The molecule has 15 nitrogen and oxygen atoms in total. The minimum Gasteiger partial charge on any atom is -0.464 e. The number of nitrogens with one attached hydrogen (secondary N) is 1. The number of hydrogen-bond donors (Lipinski definition) is 6. The van der Waals surface area contributed by atoms with Gasteiger partial charge in [-0.25, -0.2) is 0 Å². The van der Waals surface area contributed by atoms with Crippen molar-refractivity contribution in [3.63, 3.8) is 0 Å². The molecule has 2 aromatic rings. The number of amides is 1. The third-order valence-corrected chi connectivity index (χ3v) is 13.8. The molecule has 0 spiro atoms. The van der Waals surface area contributed by atoms with E-state index in [9.17, 15) is 39.9 Å². The molecular weight excluding hydrogens is 815 g/mol. The van der Waals surface area contributed by atoms with E-state index in [1.165, 1.54) is 20.8 Å². The van der Waals surface area contributed by atoms with Gasteiger partial charge in [-0.15, -0.1) is 0 Å². The highest BCUT2D eigenvalue weighted by Gasteiger charge is 2.53. The summed E-state index contributed by atoms with van der Waals surface area (Å²) in [6.45, 7) is 18.4. The number of cyclic esters (lactones) is 1. The highest BCUT2D eigenvalue weighted by molar-refractivity contribution is 5.84. The van der Waals surface area contributed by atoms with Gasteiger partial charge in [0.15, 0.2) is 12.6 Å². The van der Waals surface area contributed by atoms with Crippen molar-refractivity contribution < 1.29 is 68.0 Å². The Morgan fingerprint density at radius 1 is 0.857 bits per heavy atom. The maximum absolute atomic E-state index is 14.6. The minimum atomic E-state index is -2.20. The largest absolute Gasteiger partial charge is 0.464 e. The highest BCUT2D eigenvalue weighted by Crippen LogP contribution is 2.42. The van der Waals surface area contributed by atoms with Gasteiger partial charge in [0.1, 0.15) is 29.4 Å². The van der Waals surface area contributed by atoms with Crippen LogP contribution in [0.4, 0.5) is 0 Å². The molecular formula is C48H73NO14. The second kappa shape index (κ2) is 20.5. The van der Waals surface area contributed by atoms with E-state index in [2.05, 4.69) is 5.32 Å². The minimum absolute atomic E-state index is 0.00115. The number of aliphatic hydroxyl groups is 5. The number of ether oxygens (including phenoxy) is 5. The number of furan rings is 1. The SMILES string of the molecule is CC1CC(C)C(O)C(O[C@@H]2[C@@H](C)[C@H](OC3CC(C)(C)C(O)C(C)O3)[C@@H](C)C(=O)O[C@H](CCNC(=O)Cc3ccccc3-c3ccco3)[C@@](C)(O)[C@H](O)[C@@H](C)C(=O)[C@H](C)C[C@@]2(C)O)O1. The predicted molar refractivity (Wildman–Crippen MR) is 231 cm³/mol. The van der Waals surface area contributed by atoms with E-state index in [1.807, 2.05) is 52.0 Å². The maximum atomic E-state index is 14.6. The molecule has 3 fully saturated rings. The Balaban J connectivity index is 1.49. The number of aliphatic hydroxyl groups excluding tert-OH is 3. The Hall–Kier alpha value is -3.25. The second-order valence-corrected chi connectivity index (χ2v) is 19.9. The van der Waals surface area contributed by atoms with E-state index < -0.39 is 107 Å². The Morgan fingerprint density at radius 3 is 2.19 bits per heavy atom. The smallest absolute Gasteiger partial charge is 0.311 e. The van der Waals surface area contributed by atoms with Crippen molar-refractivity contribution in [1.82, 2.24) is 5.32 Å². The van der Waals surface area contributed by atoms with Crippen LogP contribution in [-0.2, 0) is 44.5 Å². The van der Waals surface area contributed by atoms with Gasteiger partial charge in [-0.3, -0.25) is 14.4 Å². The van der Waals surface area contributed by atoms with Crippen molar-refractivity contribution in [3.8, 4) is 11.3 Å². The summed E-state index contributed by atoms with van der Waals surface area (Å²) in [5, 5.41) is 61.5. The molecule has 17 atom stereocenters. The van der Waals surface area contributed by atoms with Crippen molar-refractivity contribution >= 4 is 17.7 Å². The fourth-order valence-electron chi connectivity index (χ4n) is 9.98. The van der Waals surface area contributed by atoms with Crippen LogP contribution < -0.4 is 5.32 Å². The first kappa shape index (κ1) is 50.7. The molecule has 1 amide bonds. The molecule has 0 bridgehead atoms. The van der Waals surface area contributed by atoms with E-state index in [4.69, 9.17) is 28.1 Å². The summed E-state index contributed by atoms with van der Waals surface area (Å²) >= 11 is 0. The van der Waals surface area contributed by atoms with Gasteiger partial charge in [0.05, 0.1) is 60.8 Å². The number of hydrogen-bond acceptors (Lipinski definition) is 14. The number of esters is 1. The van der Waals surface area contributed by atoms with Crippen LogP contribution in [0.2, 0.25) is 0 Å². The molecule has 3 aliphatic rings. The van der Waals surface area contributed by atoms with Gasteiger partial charge in [0, 0.05) is 42.7 Å². The van der Waals surface area contributed by atoms with E-state index in [0.717, 1.165) is 11.1 Å². The first-order valence-electron chi connectivity index (χ1n) is 22.6. The quantitative estimate of drug-likeness (QED) is 0.178. The third kappa shape index (κ3) is 11.8. The predicted octanol–water partition coefficient (Wildman–Crippen LogP) is 4.71. The molecule has 1 aromatic heterocycles. The van der Waals surface area contributed by atoms with Crippen molar-refractivity contribution in [1.29, 1.82) is 0 Å². The first-order valence-corrected chi connectivity index (χ1v) is 22.6. The van der Waals surface area contributed by atoms with E-state index in [1.54, 1.807) is 46.1 Å². The lowest BCUT2D eigenvalue weighted by Gasteiger charge is -2.48. The van der Waals surface area contributed by atoms with Crippen LogP contribution in [0, 0.1) is 35.0 Å². The summed E-state index contributed by atoms with van der Waals surface area (Å²) in [7, 11) is 0. The Labute approximate surface area is 372 Å². The number of benzene rings is 1. The van der Waals surface area contributed by atoms with E-state index in [0.29, 0.717) is 12.2 Å². The van der Waals surface area contributed by atoms with Crippen LogP contribution in [0.25, 0.3) is 11.3 Å². The molecule has 354 valence electrons. The number of carbonyl (C=O) groups excluding carboxylic acids is 3. The molecule has 4 heterocycles. The van der Waals surface area contributed by atoms with Crippen LogP contribution in [0.3, 0.4) is 0 Å². The molecule has 3 saturated heterocycles. The fourth-order valence-corrected chi connectivity index (χ4v) is 9.98. The zero-order valence-corrected chi connectivity index (χ0v) is 38.9. The van der Waals surface area contributed by atoms with Gasteiger partial charge >= 0.3 is 5.97 Å². The molecule has 7 unspecified atom stereocenters. The Morgan fingerprint density at radius 2 is 1.54 bits per heavy atom. The normalized spacial score (nSPS) is 40.7. The average molecular weight is 888 g/mol. The van der Waals surface area contributed by atoms with Gasteiger partial charge in [-0.05, 0) is 76.5 Å². The molecule has 0 aliphatic carbocycles. The van der Waals surface area contributed by atoms with Crippen LogP contribution >= 0.6 is 0 Å². The van der Waals surface area contributed by atoms with Crippen LogP contribution in [0.15, 0.2) is 47.1 Å². The van der Waals surface area contributed by atoms with Gasteiger partial charge in [-0.1, -0.05) is 65.8 Å². The van der Waals surface area contributed by atoms with Gasteiger partial charge < -0.3 is 59.0 Å². The number of rotatable bonds is 10. The summed E-state index contributed by atoms with van der Waals surface area (Å²) in [4.78, 5) is 42.1. The topological polar surface area (TPSA) is 224 Å². The standard InChI is InChI=1S/C48H73NO14/c1-25-21-27(3)59-45(39(25)52)63-43-29(5)40(62-37-24-46(8,9)42(54)31(7)60-37)30(6)44(55)61-35(48(11,57)41(53)28(4)38(51)26(2)23-47(43,10)56)18-19-49-36(50)22-32-15-12-13-16-33(32)34-17-14-20-58-34/h12-17,20,25-31,35,37,39-43,45,52-54,56-57H,18-19,21-24H2,1-11H3,(H,49,50)/t25?,26-,27?,28+,29+,30-,31?,35-,37?,39?,40+,41-,42?,43-,45?,47-,48-/m1/s1. The monoisotopic (exact) mass is 888 g/mol. The molecule has 6 N–H and O–H groups in total. The van der Waals surface area contributed by atoms with Crippen LogP contribution in [0.1, 0.15) is 107 Å². The molecule has 0 radical (unpaired) electrons. The lowest BCUT2D eigenvalue weighted by molar-refractivity contribution is -0.312. The molecule has 1 aromatic carbocycles. The van der Waals surface area contributed by atoms with Crippen molar-refractivity contribution in [2.45, 2.75) is 181 Å². The molecule has 15 heteroatoms. The Bertz CT molecular complexity index is 1830. The molecule has 0 saturated carbocycles. The number of carbonyl (C=O) groups is 3. The summed E-state index contributed by atoms with van der Waals surface area (Å²) in [5.41, 5.74) is -3.20. The third-order valence-electron chi connectivity index (χ3n) is 13.8. The summed E-state index contributed by atoms with van der Waals surface area (Å²) < 4.78 is 37.3. The van der Waals surface area contributed by atoms with Crippen LogP contribution in [0.5, 0.6) is 0 Å². The first-order chi connectivity index (χ1) is 29.3. The zero-order chi connectivity index (χ0) is 46.8. The maximum Gasteiger partial charge on any atom is 0.311 e. The zero-order valence-electron chi connectivity index (χ0n) is 38.9. The number of ketones is 1. The molecule has 5 rings (SSSR count). The average Bonchev–Trinajstić information content (AvgIpc) is 3.75. The summed E-state index contributed by atoms with van der Waals surface area (Å²) in [5.74, 6) is -5.37. The van der Waals surface area contributed by atoms with Crippen molar-refractivity contribution in [2.75, 3.05) is 6.54 Å². The summed E-state index contributed by atoms with van der Waals surface area (Å²) in [6.07, 6.45) is -8.40. The second-order valence-electron chi connectivity index (χ2n) is 19.9. The van der Waals surface area contributed by atoms with Crippen molar-refractivity contribution in [2.24, 2.45) is 35.0 Å². The van der Waals surface area contributed by atoms with Gasteiger partial charge in [0.2, 0.25) is 5.91 Å². The summed E-state index contributed by atoms with van der Waals surface area (Å²) in [6, 6.07) is 10.9. The van der Waals surface area contributed by atoms with Gasteiger partial charge in [-0.2, -0.15) is 0 Å². The van der Waals surface area contributed by atoms with E-state index in [-0.39, 0.29) is 50.2 Å². The van der Waals surface area contributed by atoms with E-state index >= 15 is 0 Å².